The van der Waals surface area contributed by atoms with Crippen molar-refractivity contribution in [2.24, 2.45) is 0 Å². The average Bonchev–Trinajstić information content (AvgIpc) is 2.18. The average molecular weight is 216 g/mol. The fourth-order valence-corrected chi connectivity index (χ4v) is 2.83. The van der Waals surface area contributed by atoms with Gasteiger partial charge in [-0.2, -0.15) is 11.8 Å². The van der Waals surface area contributed by atoms with E-state index in [-0.39, 0.29) is 5.91 Å². The van der Waals surface area contributed by atoms with Crippen molar-refractivity contribution in [2.45, 2.75) is 31.4 Å². The first kappa shape index (κ1) is 11.9. The van der Waals surface area contributed by atoms with Crippen LogP contribution in [-0.4, -0.2) is 36.5 Å². The minimum absolute atomic E-state index is 0.0545. The van der Waals surface area contributed by atoms with Gasteiger partial charge in [-0.05, 0) is 18.6 Å². The summed E-state index contributed by atoms with van der Waals surface area (Å²) in [5.41, 5.74) is 0. The van der Waals surface area contributed by atoms with Crippen LogP contribution in [0.4, 0.5) is 0 Å². The Morgan fingerprint density at radius 2 is 2.29 bits per heavy atom. The number of thioether (sulfide) groups is 1. The molecule has 1 aliphatic rings. The molecule has 4 heteroatoms. The molecule has 1 rings (SSSR count). The second kappa shape index (κ2) is 7.12. The Balaban J connectivity index is 1.90. The molecule has 0 spiro atoms. The van der Waals surface area contributed by atoms with E-state index in [4.69, 9.17) is 0 Å². The van der Waals surface area contributed by atoms with Gasteiger partial charge in [0, 0.05) is 31.8 Å². The topological polar surface area (TPSA) is 41.1 Å². The predicted octanol–water partition coefficient (Wildman–Crippen LogP) is 0.998. The summed E-state index contributed by atoms with van der Waals surface area (Å²) < 4.78 is 0. The van der Waals surface area contributed by atoms with Crippen molar-refractivity contribution in [1.82, 2.24) is 10.6 Å². The number of rotatable bonds is 5. The monoisotopic (exact) mass is 216 g/mol. The van der Waals surface area contributed by atoms with Gasteiger partial charge in [0.25, 0.3) is 0 Å². The van der Waals surface area contributed by atoms with Crippen molar-refractivity contribution in [3.8, 4) is 0 Å². The molecule has 1 atom stereocenters. The van der Waals surface area contributed by atoms with Gasteiger partial charge in [-0.25, -0.2) is 0 Å². The van der Waals surface area contributed by atoms with E-state index in [1.54, 1.807) is 6.92 Å². The van der Waals surface area contributed by atoms with Gasteiger partial charge in [-0.15, -0.1) is 0 Å². The molecule has 1 unspecified atom stereocenters. The van der Waals surface area contributed by atoms with Gasteiger partial charge in [0.05, 0.1) is 0 Å². The van der Waals surface area contributed by atoms with Crippen LogP contribution >= 0.6 is 11.8 Å². The zero-order chi connectivity index (χ0) is 10.2. The molecule has 1 amide bonds. The maximum Gasteiger partial charge on any atom is 0.216 e. The molecule has 2 N–H and O–H groups in total. The first-order valence-corrected chi connectivity index (χ1v) is 6.40. The van der Waals surface area contributed by atoms with Crippen LogP contribution in [0.3, 0.4) is 0 Å². The summed E-state index contributed by atoms with van der Waals surface area (Å²) in [6, 6.07) is 0. The van der Waals surface area contributed by atoms with E-state index in [0.29, 0.717) is 0 Å². The summed E-state index contributed by atoms with van der Waals surface area (Å²) in [5.74, 6) is 1.37. The van der Waals surface area contributed by atoms with Crippen LogP contribution in [0.25, 0.3) is 0 Å². The maximum atomic E-state index is 10.6. The quantitative estimate of drug-likeness (QED) is 0.674. The molecule has 3 nitrogen and oxygen atoms in total. The number of amides is 1. The lowest BCUT2D eigenvalue weighted by atomic mass is 10.2. The minimum atomic E-state index is 0.0545. The van der Waals surface area contributed by atoms with Crippen LogP contribution in [-0.2, 0) is 4.79 Å². The van der Waals surface area contributed by atoms with Gasteiger partial charge < -0.3 is 10.6 Å². The van der Waals surface area contributed by atoms with Gasteiger partial charge >= 0.3 is 0 Å². The fraction of sp³-hybridized carbons (Fsp3) is 0.900. The zero-order valence-electron chi connectivity index (χ0n) is 8.84. The third-order valence-electron chi connectivity index (χ3n) is 2.32. The standard InChI is InChI=1S/C10H20N2OS/c1-9(13)12-6-5-11-8-10-4-2-3-7-14-10/h10-11H,2-8H2,1H3,(H,12,13). The van der Waals surface area contributed by atoms with Gasteiger partial charge in [-0.3, -0.25) is 4.79 Å². The molecule has 1 aliphatic heterocycles. The highest BCUT2D eigenvalue weighted by Gasteiger charge is 2.12. The highest BCUT2D eigenvalue weighted by Crippen LogP contribution is 2.23. The second-order valence-electron chi connectivity index (χ2n) is 3.68. The SMILES string of the molecule is CC(=O)NCCNCC1CCCCS1. The highest BCUT2D eigenvalue weighted by atomic mass is 32.2. The minimum Gasteiger partial charge on any atom is -0.355 e. The van der Waals surface area contributed by atoms with E-state index in [1.807, 2.05) is 0 Å². The van der Waals surface area contributed by atoms with Gasteiger partial charge in [0.1, 0.15) is 0 Å². The molecule has 1 heterocycles. The number of hydrogen-bond donors (Lipinski definition) is 2. The van der Waals surface area contributed by atoms with Crippen molar-refractivity contribution in [3.05, 3.63) is 0 Å². The third kappa shape index (κ3) is 5.50. The van der Waals surface area contributed by atoms with Gasteiger partial charge in [0.15, 0.2) is 0 Å². The summed E-state index contributed by atoms with van der Waals surface area (Å²) in [6.07, 6.45) is 4.11. The Hall–Kier alpha value is -0.220. The molecule has 82 valence electrons. The Labute approximate surface area is 90.4 Å². The lowest BCUT2D eigenvalue weighted by molar-refractivity contribution is -0.118. The van der Waals surface area contributed by atoms with Crippen molar-refractivity contribution in [3.63, 3.8) is 0 Å². The Morgan fingerprint density at radius 1 is 1.43 bits per heavy atom. The van der Waals surface area contributed by atoms with E-state index in [1.165, 1.54) is 25.0 Å². The molecule has 0 aliphatic carbocycles. The van der Waals surface area contributed by atoms with Gasteiger partial charge in [-0.1, -0.05) is 6.42 Å². The lowest BCUT2D eigenvalue weighted by Crippen LogP contribution is -2.34. The lowest BCUT2D eigenvalue weighted by Gasteiger charge is -2.21. The van der Waals surface area contributed by atoms with Crippen LogP contribution in [0.15, 0.2) is 0 Å². The van der Waals surface area contributed by atoms with E-state index in [2.05, 4.69) is 22.4 Å². The van der Waals surface area contributed by atoms with Gasteiger partial charge in [0.2, 0.25) is 5.91 Å². The molecule has 1 fully saturated rings. The normalized spacial score (nSPS) is 21.9. The van der Waals surface area contributed by atoms with E-state index >= 15 is 0 Å². The highest BCUT2D eigenvalue weighted by molar-refractivity contribution is 7.99. The molecule has 0 aromatic rings. The summed E-state index contributed by atoms with van der Waals surface area (Å²) >= 11 is 2.08. The molecule has 14 heavy (non-hydrogen) atoms. The number of nitrogens with one attached hydrogen (secondary N) is 2. The van der Waals surface area contributed by atoms with Crippen LogP contribution < -0.4 is 10.6 Å². The molecule has 0 aromatic heterocycles. The summed E-state index contributed by atoms with van der Waals surface area (Å²) in [5, 5.41) is 6.94. The van der Waals surface area contributed by atoms with E-state index < -0.39 is 0 Å². The molecule has 0 radical (unpaired) electrons. The largest absolute Gasteiger partial charge is 0.355 e. The van der Waals surface area contributed by atoms with Crippen LogP contribution in [0.1, 0.15) is 26.2 Å². The van der Waals surface area contributed by atoms with E-state index in [9.17, 15) is 4.79 Å². The third-order valence-corrected chi connectivity index (χ3v) is 3.72. The number of carbonyl (C=O) groups excluding carboxylic acids is 1. The number of hydrogen-bond acceptors (Lipinski definition) is 3. The smallest absolute Gasteiger partial charge is 0.216 e. The van der Waals surface area contributed by atoms with Crippen molar-refractivity contribution >= 4 is 17.7 Å². The van der Waals surface area contributed by atoms with E-state index in [0.717, 1.165) is 24.9 Å². The summed E-state index contributed by atoms with van der Waals surface area (Å²) in [4.78, 5) is 10.6. The molecule has 1 saturated heterocycles. The molecule has 0 saturated carbocycles. The summed E-state index contributed by atoms with van der Waals surface area (Å²) in [7, 11) is 0. The first-order chi connectivity index (χ1) is 6.79. The van der Waals surface area contributed by atoms with Crippen molar-refractivity contribution < 1.29 is 4.79 Å². The van der Waals surface area contributed by atoms with Crippen LogP contribution in [0.5, 0.6) is 0 Å². The summed E-state index contributed by atoms with van der Waals surface area (Å²) in [6.45, 7) is 4.27. The number of carbonyl (C=O) groups is 1. The maximum absolute atomic E-state index is 10.6. The Morgan fingerprint density at radius 3 is 2.93 bits per heavy atom. The molecule has 0 aromatic carbocycles. The molecule has 0 bridgehead atoms. The first-order valence-electron chi connectivity index (χ1n) is 5.36. The van der Waals surface area contributed by atoms with Crippen LogP contribution in [0.2, 0.25) is 0 Å². The zero-order valence-corrected chi connectivity index (χ0v) is 9.66. The van der Waals surface area contributed by atoms with Crippen molar-refractivity contribution in [2.75, 3.05) is 25.4 Å². The predicted molar refractivity (Wildman–Crippen MR) is 61.7 cm³/mol. The molecular weight excluding hydrogens is 196 g/mol. The Kier molecular flexibility index (Phi) is 6.03. The molecular formula is C10H20N2OS. The second-order valence-corrected chi connectivity index (χ2v) is 5.08. The van der Waals surface area contributed by atoms with Crippen LogP contribution in [0, 0.1) is 0 Å². The Bertz CT molecular complexity index is 170. The fourth-order valence-electron chi connectivity index (χ4n) is 1.56. The van der Waals surface area contributed by atoms with Crippen molar-refractivity contribution in [1.29, 1.82) is 0 Å².